The molecule has 0 spiro atoms. The average molecular weight is 607 g/mol. The normalized spacial score (nSPS) is 10.3. The predicted octanol–water partition coefficient (Wildman–Crippen LogP) is 6.39. The number of rotatable bonds is 14. The lowest BCUT2D eigenvalue weighted by molar-refractivity contribution is -0.143. The van der Waals surface area contributed by atoms with Crippen molar-refractivity contribution in [2.45, 2.75) is 52.9 Å². The molecule has 44 heavy (non-hydrogen) atoms. The lowest BCUT2D eigenvalue weighted by Gasteiger charge is -2.09. The van der Waals surface area contributed by atoms with Crippen molar-refractivity contribution >= 4 is 30.0 Å². The van der Waals surface area contributed by atoms with Crippen LogP contribution in [0.3, 0.4) is 0 Å². The van der Waals surface area contributed by atoms with Crippen molar-refractivity contribution in [2.75, 3.05) is 13.2 Å². The van der Waals surface area contributed by atoms with Crippen LogP contribution in [-0.4, -0.2) is 43.2 Å². The van der Waals surface area contributed by atoms with E-state index in [1.165, 1.54) is 67.6 Å². The van der Waals surface area contributed by atoms with Gasteiger partial charge in [0.05, 0.1) is 24.3 Å². The minimum Gasteiger partial charge on any atom is -0.466 e. The summed E-state index contributed by atoms with van der Waals surface area (Å²) in [6.45, 7) is 5.34. The number of carbonyl (C=O) groups excluding carboxylic acids is 5. The van der Waals surface area contributed by atoms with Gasteiger partial charge in [-0.05, 0) is 105 Å². The molecule has 0 radical (unpaired) electrons. The highest BCUT2D eigenvalue weighted by Crippen LogP contribution is 2.25. The quantitative estimate of drug-likeness (QED) is 0.0872. The number of hydrogen-bond acceptors (Lipinski definition) is 11. The highest BCUT2D eigenvalue weighted by atomic mass is 16.7. The summed E-state index contributed by atoms with van der Waals surface area (Å²) < 4.78 is 31.0. The molecule has 0 fully saturated rings. The number of esters is 4. The van der Waals surface area contributed by atoms with E-state index in [0.717, 1.165) is 19.3 Å². The van der Waals surface area contributed by atoms with Crippen LogP contribution in [0.1, 0.15) is 72.2 Å². The third-order valence-electron chi connectivity index (χ3n) is 6.01. The van der Waals surface area contributed by atoms with Crippen molar-refractivity contribution in [3.05, 3.63) is 83.4 Å². The Hall–Kier alpha value is -5.19. The maximum atomic E-state index is 12.5. The lowest BCUT2D eigenvalue weighted by atomic mass is 10.2. The number of benzene rings is 3. The monoisotopic (exact) mass is 606 g/mol. The third kappa shape index (κ3) is 11.2. The average Bonchev–Trinajstić information content (AvgIpc) is 3.00. The first kappa shape index (κ1) is 33.3. The molecular formula is C33H34O11. The Balaban J connectivity index is 1.40. The summed E-state index contributed by atoms with van der Waals surface area (Å²) in [4.78, 5) is 59.2. The molecule has 11 heteroatoms. The summed E-state index contributed by atoms with van der Waals surface area (Å²) in [5.41, 5.74) is 1.07. The second kappa shape index (κ2) is 17.1. The summed E-state index contributed by atoms with van der Waals surface area (Å²) in [6.07, 6.45) is 2.57. The van der Waals surface area contributed by atoms with Crippen LogP contribution in [0.5, 0.6) is 23.0 Å². The zero-order chi connectivity index (χ0) is 31.9. The molecule has 3 aromatic carbocycles. The molecule has 3 aromatic rings. The van der Waals surface area contributed by atoms with E-state index in [2.05, 4.69) is 0 Å². The van der Waals surface area contributed by atoms with E-state index in [4.69, 9.17) is 28.4 Å². The van der Waals surface area contributed by atoms with Crippen LogP contribution in [0.2, 0.25) is 0 Å². The van der Waals surface area contributed by atoms with Gasteiger partial charge in [-0.3, -0.25) is 9.59 Å². The van der Waals surface area contributed by atoms with Crippen LogP contribution in [0, 0.1) is 6.92 Å². The molecule has 0 aliphatic rings. The van der Waals surface area contributed by atoms with Gasteiger partial charge in [0, 0.05) is 13.3 Å². The molecule has 0 aliphatic heterocycles. The second-order valence-corrected chi connectivity index (χ2v) is 9.54. The summed E-state index contributed by atoms with van der Waals surface area (Å²) in [5, 5.41) is 0. The van der Waals surface area contributed by atoms with Crippen LogP contribution in [0.25, 0.3) is 0 Å². The fourth-order valence-electron chi connectivity index (χ4n) is 3.73. The molecule has 0 aromatic heterocycles. The predicted molar refractivity (Wildman–Crippen MR) is 157 cm³/mol. The van der Waals surface area contributed by atoms with E-state index in [1.54, 1.807) is 19.9 Å². The van der Waals surface area contributed by atoms with Gasteiger partial charge < -0.3 is 28.4 Å². The van der Waals surface area contributed by atoms with Crippen LogP contribution >= 0.6 is 0 Å². The Morgan fingerprint density at radius 3 is 1.61 bits per heavy atom. The van der Waals surface area contributed by atoms with Gasteiger partial charge in [-0.1, -0.05) is 6.92 Å². The highest BCUT2D eigenvalue weighted by Gasteiger charge is 2.14. The summed E-state index contributed by atoms with van der Waals surface area (Å²) >= 11 is 0. The van der Waals surface area contributed by atoms with E-state index >= 15 is 0 Å². The minimum atomic E-state index is -0.857. The van der Waals surface area contributed by atoms with Crippen molar-refractivity contribution in [1.29, 1.82) is 0 Å². The van der Waals surface area contributed by atoms with E-state index in [-0.39, 0.29) is 41.0 Å². The molecule has 232 valence electrons. The van der Waals surface area contributed by atoms with Crippen LogP contribution < -0.4 is 18.9 Å². The van der Waals surface area contributed by atoms with E-state index in [0.29, 0.717) is 30.8 Å². The topological polar surface area (TPSA) is 141 Å². The van der Waals surface area contributed by atoms with Crippen LogP contribution in [-0.2, 0) is 19.1 Å². The van der Waals surface area contributed by atoms with Gasteiger partial charge in [0.2, 0.25) is 0 Å². The van der Waals surface area contributed by atoms with Gasteiger partial charge in [-0.15, -0.1) is 0 Å². The molecule has 0 saturated heterocycles. The van der Waals surface area contributed by atoms with Crippen molar-refractivity contribution < 1.29 is 52.4 Å². The maximum Gasteiger partial charge on any atom is 0.513 e. The van der Waals surface area contributed by atoms with Gasteiger partial charge in [-0.25, -0.2) is 14.4 Å². The van der Waals surface area contributed by atoms with Gasteiger partial charge in [0.1, 0.15) is 23.0 Å². The number of unbranched alkanes of at least 4 members (excludes halogenated alkanes) is 3. The molecule has 0 atom stereocenters. The van der Waals surface area contributed by atoms with E-state index < -0.39 is 24.1 Å². The Morgan fingerprint density at radius 1 is 0.591 bits per heavy atom. The molecule has 0 aliphatic carbocycles. The molecule has 0 bridgehead atoms. The molecule has 0 saturated carbocycles. The first-order valence-corrected chi connectivity index (χ1v) is 14.1. The molecule has 0 amide bonds. The first-order valence-electron chi connectivity index (χ1n) is 14.1. The zero-order valence-electron chi connectivity index (χ0n) is 24.8. The third-order valence-corrected chi connectivity index (χ3v) is 6.01. The number of hydrogen-bond donors (Lipinski definition) is 0. The van der Waals surface area contributed by atoms with Gasteiger partial charge in [-0.2, -0.15) is 0 Å². The fourth-order valence-corrected chi connectivity index (χ4v) is 3.73. The van der Waals surface area contributed by atoms with Gasteiger partial charge in [0.25, 0.3) is 0 Å². The summed E-state index contributed by atoms with van der Waals surface area (Å²) in [5.74, 6) is -0.886. The van der Waals surface area contributed by atoms with E-state index in [1.807, 2.05) is 0 Å². The van der Waals surface area contributed by atoms with Crippen molar-refractivity contribution in [2.24, 2.45) is 0 Å². The van der Waals surface area contributed by atoms with Crippen LogP contribution in [0.15, 0.2) is 66.7 Å². The maximum absolute atomic E-state index is 12.5. The van der Waals surface area contributed by atoms with Crippen molar-refractivity contribution in [3.63, 3.8) is 0 Å². The smallest absolute Gasteiger partial charge is 0.466 e. The summed E-state index contributed by atoms with van der Waals surface area (Å²) in [7, 11) is 0. The number of aryl methyl sites for hydroxylation is 1. The largest absolute Gasteiger partial charge is 0.513 e. The lowest BCUT2D eigenvalue weighted by Crippen LogP contribution is -2.12. The van der Waals surface area contributed by atoms with Crippen molar-refractivity contribution in [1.82, 2.24) is 0 Å². The fraction of sp³-hybridized carbons (Fsp3) is 0.303. The number of ether oxygens (including phenoxy) is 6. The Bertz CT molecular complexity index is 1440. The number of carbonyl (C=O) groups is 5. The van der Waals surface area contributed by atoms with Crippen LogP contribution in [0.4, 0.5) is 4.79 Å². The zero-order valence-corrected chi connectivity index (χ0v) is 24.8. The van der Waals surface area contributed by atoms with Gasteiger partial charge >= 0.3 is 30.0 Å². The molecule has 0 N–H and O–H groups in total. The van der Waals surface area contributed by atoms with Crippen molar-refractivity contribution in [3.8, 4) is 23.0 Å². The summed E-state index contributed by atoms with van der Waals surface area (Å²) in [6, 6.07) is 16.2. The second-order valence-electron chi connectivity index (χ2n) is 9.54. The first-order chi connectivity index (χ1) is 21.1. The Morgan fingerprint density at radius 2 is 1.09 bits per heavy atom. The highest BCUT2D eigenvalue weighted by molar-refractivity contribution is 5.92. The molecule has 0 heterocycles. The molecule has 0 unspecified atom stereocenters. The standard InChI is InChI=1S/C33H34O11/c1-4-30(35)39-19-7-5-6-8-20-40-33(38)44-27-15-11-24(12-16-27)31(36)42-26-13-9-25(10-14-26)32(37)43-28-17-18-29(22(2)21-28)41-23(3)34/h9-18,21H,4-8,19-20H2,1-3H3. The Kier molecular flexibility index (Phi) is 12.9. The Labute approximate surface area is 255 Å². The van der Waals surface area contributed by atoms with Gasteiger partial charge in [0.15, 0.2) is 0 Å². The molecular weight excluding hydrogens is 572 g/mol. The minimum absolute atomic E-state index is 0.193. The molecule has 11 nitrogen and oxygen atoms in total. The molecule has 3 rings (SSSR count). The SMILES string of the molecule is CCC(=O)OCCCCCCOC(=O)Oc1ccc(C(=O)Oc2ccc(C(=O)Oc3ccc(OC(C)=O)c(C)c3)cc2)cc1. The van der Waals surface area contributed by atoms with E-state index in [9.17, 15) is 24.0 Å².